The zero-order valence-electron chi connectivity index (χ0n) is 5.80. The van der Waals surface area contributed by atoms with E-state index in [0.717, 1.165) is 30.3 Å². The van der Waals surface area contributed by atoms with Gasteiger partial charge >= 0.3 is 0 Å². The van der Waals surface area contributed by atoms with Crippen molar-refractivity contribution in [3.8, 4) is 5.75 Å². The van der Waals surface area contributed by atoms with Crippen molar-refractivity contribution in [3.63, 3.8) is 0 Å². The minimum Gasteiger partial charge on any atom is -0.491 e. The molecule has 2 rings (SSSR count). The van der Waals surface area contributed by atoms with Crippen molar-refractivity contribution in [2.24, 2.45) is 0 Å². The predicted molar refractivity (Wildman–Crippen MR) is 51.1 cm³/mol. The molecule has 1 N–H and O–H groups in total. The molecule has 0 bridgehead atoms. The van der Waals surface area contributed by atoms with Gasteiger partial charge in [-0.1, -0.05) is 0 Å². The Morgan fingerprint density at radius 1 is 1.55 bits per heavy atom. The lowest BCUT2D eigenvalue weighted by Gasteiger charge is -1.99. The molecule has 3 nitrogen and oxygen atoms in total. The molecule has 2 heterocycles. The van der Waals surface area contributed by atoms with Gasteiger partial charge in [0.1, 0.15) is 11.6 Å². The Bertz CT molecular complexity index is 277. The van der Waals surface area contributed by atoms with Crippen LogP contribution in [0.4, 0.5) is 5.82 Å². The maximum absolute atomic E-state index is 5.31. The number of rotatable bonds is 1. The summed E-state index contributed by atoms with van der Waals surface area (Å²) in [6, 6.07) is 3.87. The number of ether oxygens (including phenoxy) is 1. The molecule has 1 aromatic rings. The molecule has 1 aliphatic heterocycles. The van der Waals surface area contributed by atoms with Crippen LogP contribution in [0.1, 0.15) is 5.69 Å². The third-order valence-corrected chi connectivity index (χ3v) is 2.18. The molecule has 0 atom stereocenters. The molecule has 0 amide bonds. The second kappa shape index (κ2) is 2.84. The number of hydrogen-bond acceptors (Lipinski definition) is 3. The highest BCUT2D eigenvalue weighted by Crippen LogP contribution is 2.24. The van der Waals surface area contributed by atoms with Crippen LogP contribution in [0.5, 0.6) is 5.75 Å². The fourth-order valence-corrected chi connectivity index (χ4v) is 1.41. The molecule has 1 aliphatic rings. The Hall–Kier alpha value is -0.520. The van der Waals surface area contributed by atoms with Gasteiger partial charge in [-0.05, 0) is 12.1 Å². The molecular weight excluding hydrogens is 255 g/mol. The van der Waals surface area contributed by atoms with Crippen LogP contribution in [0.2, 0.25) is 0 Å². The summed E-state index contributed by atoms with van der Waals surface area (Å²) in [5.41, 5.74) is 1.06. The molecule has 0 unspecified atom stereocenters. The number of hydrogen-bond donors (Lipinski definition) is 1. The van der Waals surface area contributed by atoms with E-state index >= 15 is 0 Å². The lowest BCUT2D eigenvalue weighted by molar-refractivity contribution is 0.357. The molecule has 0 aromatic carbocycles. The van der Waals surface area contributed by atoms with Crippen molar-refractivity contribution in [1.29, 1.82) is 0 Å². The summed E-state index contributed by atoms with van der Waals surface area (Å²) in [6.07, 6.45) is 0.932. The standard InChI is InChI=1S/C7H7IN2O/c8-10-7-2-1-6-5(9-7)3-4-11-6/h1-2H,3-4H2,(H,9,10). The van der Waals surface area contributed by atoms with Crippen LogP contribution in [0, 0.1) is 0 Å². The van der Waals surface area contributed by atoms with Crippen molar-refractivity contribution >= 4 is 28.7 Å². The molecule has 4 heteroatoms. The van der Waals surface area contributed by atoms with Gasteiger partial charge in [-0.15, -0.1) is 0 Å². The van der Waals surface area contributed by atoms with Crippen LogP contribution in [0.15, 0.2) is 12.1 Å². The number of aromatic nitrogens is 1. The fourth-order valence-electron chi connectivity index (χ4n) is 1.11. The highest BCUT2D eigenvalue weighted by atomic mass is 127. The van der Waals surface area contributed by atoms with E-state index in [9.17, 15) is 0 Å². The summed E-state index contributed by atoms with van der Waals surface area (Å²) in [5.74, 6) is 1.83. The van der Waals surface area contributed by atoms with Crippen LogP contribution in [0.25, 0.3) is 0 Å². The molecule has 0 saturated heterocycles. The quantitative estimate of drug-likeness (QED) is 0.618. The molecule has 11 heavy (non-hydrogen) atoms. The third-order valence-electron chi connectivity index (χ3n) is 1.63. The van der Waals surface area contributed by atoms with E-state index in [0.29, 0.717) is 0 Å². The SMILES string of the molecule is INc1ccc2c(n1)CCO2. The first kappa shape index (κ1) is 7.15. The van der Waals surface area contributed by atoms with Crippen molar-refractivity contribution in [3.05, 3.63) is 17.8 Å². The maximum atomic E-state index is 5.31. The summed E-state index contributed by atoms with van der Waals surface area (Å²) in [4.78, 5) is 4.33. The van der Waals surface area contributed by atoms with E-state index in [2.05, 4.69) is 31.4 Å². The number of nitrogens with one attached hydrogen (secondary N) is 1. The van der Waals surface area contributed by atoms with Crippen LogP contribution in [-0.2, 0) is 6.42 Å². The van der Waals surface area contributed by atoms with Gasteiger partial charge in [0.15, 0.2) is 0 Å². The summed E-state index contributed by atoms with van der Waals surface area (Å²) < 4.78 is 8.27. The third kappa shape index (κ3) is 1.26. The van der Waals surface area contributed by atoms with Gasteiger partial charge in [-0.25, -0.2) is 4.98 Å². The summed E-state index contributed by atoms with van der Waals surface area (Å²) in [5, 5.41) is 0. The summed E-state index contributed by atoms with van der Waals surface area (Å²) >= 11 is 2.07. The predicted octanol–water partition coefficient (Wildman–Crippen LogP) is 1.78. The Labute approximate surface area is 78.7 Å². The summed E-state index contributed by atoms with van der Waals surface area (Å²) in [6.45, 7) is 0.771. The molecule has 0 aliphatic carbocycles. The lowest BCUT2D eigenvalue weighted by Crippen LogP contribution is -1.88. The first-order chi connectivity index (χ1) is 5.40. The topological polar surface area (TPSA) is 34.2 Å². The molecule has 0 spiro atoms. The van der Waals surface area contributed by atoms with Gasteiger partial charge in [-0.3, -0.25) is 0 Å². The van der Waals surface area contributed by atoms with Gasteiger partial charge in [0.25, 0.3) is 0 Å². The molecule has 1 aromatic heterocycles. The van der Waals surface area contributed by atoms with Gasteiger partial charge in [-0.2, -0.15) is 0 Å². The zero-order chi connectivity index (χ0) is 7.68. The van der Waals surface area contributed by atoms with Crippen LogP contribution in [-0.4, -0.2) is 11.6 Å². The normalized spacial score (nSPS) is 13.9. The zero-order valence-corrected chi connectivity index (χ0v) is 7.96. The molecule has 0 radical (unpaired) electrons. The van der Waals surface area contributed by atoms with Crippen molar-refractivity contribution in [2.75, 3.05) is 10.1 Å². The van der Waals surface area contributed by atoms with Gasteiger partial charge < -0.3 is 8.27 Å². The van der Waals surface area contributed by atoms with Crippen LogP contribution in [0.3, 0.4) is 0 Å². The monoisotopic (exact) mass is 262 g/mol. The van der Waals surface area contributed by atoms with Crippen molar-refractivity contribution < 1.29 is 4.74 Å². The highest BCUT2D eigenvalue weighted by molar-refractivity contribution is 14.1. The van der Waals surface area contributed by atoms with E-state index in [4.69, 9.17) is 4.74 Å². The van der Waals surface area contributed by atoms with E-state index in [1.165, 1.54) is 0 Å². The van der Waals surface area contributed by atoms with Crippen LogP contribution < -0.4 is 8.27 Å². The fraction of sp³-hybridized carbons (Fsp3) is 0.286. The lowest BCUT2D eigenvalue weighted by atomic mass is 10.3. The largest absolute Gasteiger partial charge is 0.491 e. The Balaban J connectivity index is 2.41. The van der Waals surface area contributed by atoms with E-state index in [1.54, 1.807) is 0 Å². The van der Waals surface area contributed by atoms with Crippen molar-refractivity contribution in [1.82, 2.24) is 4.98 Å². The molecule has 0 fully saturated rings. The maximum Gasteiger partial charge on any atom is 0.141 e. The Morgan fingerprint density at radius 2 is 2.45 bits per heavy atom. The highest BCUT2D eigenvalue weighted by Gasteiger charge is 2.12. The minimum absolute atomic E-state index is 0.771. The van der Waals surface area contributed by atoms with E-state index < -0.39 is 0 Å². The first-order valence-corrected chi connectivity index (χ1v) is 4.47. The van der Waals surface area contributed by atoms with Gasteiger partial charge in [0.05, 0.1) is 35.2 Å². The summed E-state index contributed by atoms with van der Waals surface area (Å²) in [7, 11) is 0. The smallest absolute Gasteiger partial charge is 0.141 e. The first-order valence-electron chi connectivity index (χ1n) is 3.39. The minimum atomic E-state index is 0.771. The number of halogens is 1. The second-order valence-electron chi connectivity index (χ2n) is 2.33. The number of nitrogens with zero attached hydrogens (tertiary/aromatic N) is 1. The Morgan fingerprint density at radius 3 is 3.27 bits per heavy atom. The van der Waals surface area contributed by atoms with E-state index in [-0.39, 0.29) is 0 Å². The van der Waals surface area contributed by atoms with E-state index in [1.807, 2.05) is 12.1 Å². The number of anilines is 1. The average Bonchev–Trinajstić information content (AvgIpc) is 2.50. The van der Waals surface area contributed by atoms with Crippen molar-refractivity contribution in [2.45, 2.75) is 6.42 Å². The number of pyridine rings is 1. The molecular formula is C7H7IN2O. The average molecular weight is 262 g/mol. The molecule has 0 saturated carbocycles. The number of fused-ring (bicyclic) bond motifs is 1. The van der Waals surface area contributed by atoms with Crippen LogP contribution >= 0.6 is 22.9 Å². The van der Waals surface area contributed by atoms with Gasteiger partial charge in [0.2, 0.25) is 0 Å². The Kier molecular flexibility index (Phi) is 1.85. The second-order valence-corrected chi connectivity index (χ2v) is 2.87. The van der Waals surface area contributed by atoms with Gasteiger partial charge in [0, 0.05) is 6.42 Å². The molecule has 58 valence electrons.